The molecule has 17 heavy (non-hydrogen) atoms. The van der Waals surface area contributed by atoms with Crippen LogP contribution in [0.3, 0.4) is 0 Å². The maximum atomic E-state index is 10.1. The molecule has 0 heterocycles. The second-order valence-electron chi connectivity index (χ2n) is 3.81. The van der Waals surface area contributed by atoms with E-state index >= 15 is 0 Å². The van der Waals surface area contributed by atoms with Crippen molar-refractivity contribution in [2.24, 2.45) is 0 Å². The van der Waals surface area contributed by atoms with Gasteiger partial charge in [-0.3, -0.25) is 0 Å². The Labute approximate surface area is 98.6 Å². The van der Waals surface area contributed by atoms with E-state index in [9.17, 15) is 10.2 Å². The molecule has 88 valence electrons. The zero-order valence-electron chi connectivity index (χ0n) is 9.04. The van der Waals surface area contributed by atoms with Crippen LogP contribution in [0, 0.1) is 0 Å². The number of phenols is 2. The molecule has 0 fully saturated rings. The van der Waals surface area contributed by atoms with Gasteiger partial charge in [0.2, 0.25) is 0 Å². The maximum Gasteiger partial charge on any atom is 0.117 e. The minimum absolute atomic E-state index is 0.0594. The molecule has 0 spiro atoms. The molecule has 2 rings (SSSR count). The van der Waals surface area contributed by atoms with Crippen molar-refractivity contribution < 1.29 is 15.3 Å². The zero-order chi connectivity index (χ0) is 12.4. The average molecular weight is 231 g/mol. The lowest BCUT2D eigenvalue weighted by atomic mass is 10.00. The molecule has 0 aliphatic heterocycles. The summed E-state index contributed by atoms with van der Waals surface area (Å²) in [6.45, 7) is 0. The summed E-state index contributed by atoms with van der Waals surface area (Å²) in [6.07, 6.45) is -0.879. The summed E-state index contributed by atoms with van der Waals surface area (Å²) in [7, 11) is 0. The summed E-state index contributed by atoms with van der Waals surface area (Å²) in [5.41, 5.74) is 7.19. The molecule has 0 radical (unpaired) electrons. The SMILES string of the molecule is Nc1cc(O)ccc1C(O)c1ccc(O)cc1. The largest absolute Gasteiger partial charge is 0.508 e. The van der Waals surface area contributed by atoms with Crippen LogP contribution in [-0.4, -0.2) is 15.3 Å². The minimum atomic E-state index is -0.879. The molecular formula is C13H13NO3. The van der Waals surface area contributed by atoms with Gasteiger partial charge in [-0.1, -0.05) is 18.2 Å². The summed E-state index contributed by atoms with van der Waals surface area (Å²) in [6, 6.07) is 10.7. The van der Waals surface area contributed by atoms with E-state index in [1.54, 1.807) is 18.2 Å². The van der Waals surface area contributed by atoms with E-state index in [2.05, 4.69) is 0 Å². The third-order valence-electron chi connectivity index (χ3n) is 2.57. The molecule has 4 nitrogen and oxygen atoms in total. The second-order valence-corrected chi connectivity index (χ2v) is 3.81. The molecule has 1 unspecified atom stereocenters. The minimum Gasteiger partial charge on any atom is -0.508 e. The number of anilines is 1. The van der Waals surface area contributed by atoms with Crippen LogP contribution in [0.2, 0.25) is 0 Å². The van der Waals surface area contributed by atoms with Gasteiger partial charge in [-0.2, -0.15) is 0 Å². The Morgan fingerprint density at radius 3 is 2.06 bits per heavy atom. The van der Waals surface area contributed by atoms with E-state index in [1.807, 2.05) is 0 Å². The Morgan fingerprint density at radius 1 is 0.882 bits per heavy atom. The van der Waals surface area contributed by atoms with Crippen LogP contribution in [0.15, 0.2) is 42.5 Å². The fourth-order valence-electron chi connectivity index (χ4n) is 1.65. The van der Waals surface area contributed by atoms with Crippen molar-refractivity contribution in [2.45, 2.75) is 6.10 Å². The van der Waals surface area contributed by atoms with E-state index < -0.39 is 6.10 Å². The monoisotopic (exact) mass is 231 g/mol. The number of rotatable bonds is 2. The first-order chi connectivity index (χ1) is 8.08. The van der Waals surface area contributed by atoms with Crippen molar-refractivity contribution in [1.29, 1.82) is 0 Å². The number of aromatic hydroxyl groups is 2. The lowest BCUT2D eigenvalue weighted by molar-refractivity contribution is 0.221. The Bertz CT molecular complexity index is 523. The van der Waals surface area contributed by atoms with E-state index in [1.165, 1.54) is 24.3 Å². The van der Waals surface area contributed by atoms with Crippen LogP contribution < -0.4 is 5.73 Å². The first-order valence-corrected chi connectivity index (χ1v) is 5.13. The van der Waals surface area contributed by atoms with Gasteiger partial charge in [-0.05, 0) is 23.8 Å². The van der Waals surface area contributed by atoms with Crippen LogP contribution in [0.4, 0.5) is 5.69 Å². The van der Waals surface area contributed by atoms with Crippen molar-refractivity contribution in [2.75, 3.05) is 5.73 Å². The van der Waals surface area contributed by atoms with Gasteiger partial charge in [0.25, 0.3) is 0 Å². The van der Waals surface area contributed by atoms with Crippen LogP contribution in [0.5, 0.6) is 11.5 Å². The normalized spacial score (nSPS) is 12.3. The molecule has 4 heteroatoms. The Kier molecular flexibility index (Phi) is 2.89. The van der Waals surface area contributed by atoms with Gasteiger partial charge >= 0.3 is 0 Å². The van der Waals surface area contributed by atoms with Crippen LogP contribution >= 0.6 is 0 Å². The van der Waals surface area contributed by atoms with Crippen LogP contribution in [-0.2, 0) is 0 Å². The standard InChI is InChI=1S/C13H13NO3/c14-12-7-10(16)5-6-11(12)13(17)8-1-3-9(15)4-2-8/h1-7,13,15-17H,14H2. The van der Waals surface area contributed by atoms with Crippen molar-refractivity contribution in [3.63, 3.8) is 0 Å². The van der Waals surface area contributed by atoms with E-state index in [4.69, 9.17) is 10.8 Å². The Hall–Kier alpha value is -2.20. The molecule has 2 aromatic rings. The number of benzene rings is 2. The lowest BCUT2D eigenvalue weighted by Gasteiger charge is -2.14. The number of hydrogen-bond acceptors (Lipinski definition) is 4. The molecule has 0 aliphatic carbocycles. The number of hydrogen-bond donors (Lipinski definition) is 4. The first kappa shape index (κ1) is 11.3. The molecule has 5 N–H and O–H groups in total. The topological polar surface area (TPSA) is 86.7 Å². The van der Waals surface area contributed by atoms with Crippen molar-refractivity contribution in [3.05, 3.63) is 53.6 Å². The molecule has 0 saturated carbocycles. The first-order valence-electron chi connectivity index (χ1n) is 5.13. The van der Waals surface area contributed by atoms with Crippen LogP contribution in [0.1, 0.15) is 17.2 Å². The molecular weight excluding hydrogens is 218 g/mol. The molecule has 0 saturated heterocycles. The fourth-order valence-corrected chi connectivity index (χ4v) is 1.65. The highest BCUT2D eigenvalue weighted by molar-refractivity contribution is 5.54. The van der Waals surface area contributed by atoms with Crippen molar-refractivity contribution >= 4 is 5.69 Å². The predicted octanol–water partition coefficient (Wildman–Crippen LogP) is 1.76. The third-order valence-corrected chi connectivity index (χ3v) is 2.57. The Morgan fingerprint density at radius 2 is 1.47 bits per heavy atom. The molecule has 1 atom stereocenters. The quantitative estimate of drug-likeness (QED) is 0.593. The van der Waals surface area contributed by atoms with E-state index in [0.717, 1.165) is 0 Å². The highest BCUT2D eigenvalue weighted by Gasteiger charge is 2.13. The second kappa shape index (κ2) is 4.35. The molecule has 2 aromatic carbocycles. The fraction of sp³-hybridized carbons (Fsp3) is 0.0769. The summed E-state index contributed by atoms with van der Waals surface area (Å²) < 4.78 is 0. The summed E-state index contributed by atoms with van der Waals surface area (Å²) >= 11 is 0. The predicted molar refractivity (Wildman–Crippen MR) is 64.7 cm³/mol. The summed E-state index contributed by atoms with van der Waals surface area (Å²) in [4.78, 5) is 0. The molecule has 0 aromatic heterocycles. The zero-order valence-corrected chi connectivity index (χ0v) is 9.04. The van der Waals surface area contributed by atoms with Gasteiger partial charge in [0.1, 0.15) is 17.6 Å². The maximum absolute atomic E-state index is 10.1. The van der Waals surface area contributed by atoms with E-state index in [0.29, 0.717) is 16.8 Å². The average Bonchev–Trinajstić information content (AvgIpc) is 2.29. The van der Waals surface area contributed by atoms with Gasteiger partial charge in [-0.15, -0.1) is 0 Å². The number of nitrogen functional groups attached to an aromatic ring is 1. The number of aliphatic hydroxyl groups excluding tert-OH is 1. The summed E-state index contributed by atoms with van der Waals surface area (Å²) in [5.74, 6) is 0.198. The van der Waals surface area contributed by atoms with Gasteiger partial charge in [0, 0.05) is 17.3 Å². The van der Waals surface area contributed by atoms with Crippen molar-refractivity contribution in [3.8, 4) is 11.5 Å². The van der Waals surface area contributed by atoms with Gasteiger partial charge in [0.15, 0.2) is 0 Å². The number of nitrogens with two attached hydrogens (primary N) is 1. The lowest BCUT2D eigenvalue weighted by Crippen LogP contribution is -2.03. The molecule has 0 aliphatic rings. The highest BCUT2D eigenvalue weighted by Crippen LogP contribution is 2.29. The number of aliphatic hydroxyl groups is 1. The highest BCUT2D eigenvalue weighted by atomic mass is 16.3. The Balaban J connectivity index is 2.36. The van der Waals surface area contributed by atoms with Gasteiger partial charge in [-0.25, -0.2) is 0 Å². The van der Waals surface area contributed by atoms with Crippen molar-refractivity contribution in [1.82, 2.24) is 0 Å². The third kappa shape index (κ3) is 2.32. The summed E-state index contributed by atoms with van der Waals surface area (Å²) in [5, 5.41) is 28.5. The van der Waals surface area contributed by atoms with E-state index in [-0.39, 0.29) is 11.5 Å². The van der Waals surface area contributed by atoms with Gasteiger partial charge < -0.3 is 21.1 Å². The smallest absolute Gasteiger partial charge is 0.117 e. The van der Waals surface area contributed by atoms with Gasteiger partial charge in [0.05, 0.1) is 0 Å². The number of phenolic OH excluding ortho intramolecular Hbond substituents is 2. The molecule has 0 bridgehead atoms. The molecule has 0 amide bonds. The van der Waals surface area contributed by atoms with Crippen LogP contribution in [0.25, 0.3) is 0 Å².